The summed E-state index contributed by atoms with van der Waals surface area (Å²) in [6.45, 7) is 5.25. The van der Waals surface area contributed by atoms with E-state index in [9.17, 15) is 4.39 Å². The maximum absolute atomic E-state index is 13.5. The van der Waals surface area contributed by atoms with Crippen molar-refractivity contribution in [2.45, 2.75) is 26.9 Å². The molecule has 2 aromatic rings. The standard InChI is InChI=1S/C14H17FN2OS/c1-3-6-16-14-17-8-11(19-14)9-18-13-7-10(2)4-5-12(13)15/h4-5,7-8H,3,6,9H2,1-2H3,(H,16,17). The zero-order valence-corrected chi connectivity index (χ0v) is 11.9. The summed E-state index contributed by atoms with van der Waals surface area (Å²) < 4.78 is 19.0. The molecule has 0 saturated heterocycles. The molecular weight excluding hydrogens is 263 g/mol. The van der Waals surface area contributed by atoms with E-state index in [0.29, 0.717) is 6.61 Å². The lowest BCUT2D eigenvalue weighted by Crippen LogP contribution is -1.98. The third-order valence-electron chi connectivity index (χ3n) is 2.54. The van der Waals surface area contributed by atoms with Gasteiger partial charge in [0, 0.05) is 12.7 Å². The van der Waals surface area contributed by atoms with Crippen molar-refractivity contribution in [3.63, 3.8) is 0 Å². The van der Waals surface area contributed by atoms with Gasteiger partial charge in [0.15, 0.2) is 16.7 Å². The molecule has 0 unspecified atom stereocenters. The number of anilines is 1. The second-order valence-electron chi connectivity index (χ2n) is 4.28. The molecule has 1 N–H and O–H groups in total. The van der Waals surface area contributed by atoms with Gasteiger partial charge < -0.3 is 10.1 Å². The third-order valence-corrected chi connectivity index (χ3v) is 3.46. The molecule has 0 bridgehead atoms. The van der Waals surface area contributed by atoms with Crippen LogP contribution in [0.3, 0.4) is 0 Å². The maximum atomic E-state index is 13.5. The van der Waals surface area contributed by atoms with Gasteiger partial charge in [-0.2, -0.15) is 0 Å². The van der Waals surface area contributed by atoms with Crippen LogP contribution in [0, 0.1) is 12.7 Å². The summed E-state index contributed by atoms with van der Waals surface area (Å²) in [5, 5.41) is 4.09. The van der Waals surface area contributed by atoms with E-state index >= 15 is 0 Å². The Balaban J connectivity index is 1.94. The molecule has 3 nitrogen and oxygen atoms in total. The molecule has 0 aliphatic rings. The molecule has 1 aromatic carbocycles. The first-order valence-corrected chi connectivity index (χ1v) is 7.08. The molecule has 19 heavy (non-hydrogen) atoms. The normalized spacial score (nSPS) is 10.5. The van der Waals surface area contributed by atoms with Crippen LogP contribution in [0.15, 0.2) is 24.4 Å². The van der Waals surface area contributed by atoms with Gasteiger partial charge in [0.25, 0.3) is 0 Å². The van der Waals surface area contributed by atoms with Crippen molar-refractivity contribution in [2.75, 3.05) is 11.9 Å². The number of rotatable bonds is 6. The first-order chi connectivity index (χ1) is 9.19. The highest BCUT2D eigenvalue weighted by molar-refractivity contribution is 7.15. The lowest BCUT2D eigenvalue weighted by Gasteiger charge is -2.06. The number of aryl methyl sites for hydroxylation is 1. The average molecular weight is 280 g/mol. The number of nitrogens with one attached hydrogen (secondary N) is 1. The predicted molar refractivity (Wildman–Crippen MR) is 76.4 cm³/mol. The highest BCUT2D eigenvalue weighted by atomic mass is 32.1. The van der Waals surface area contributed by atoms with E-state index < -0.39 is 0 Å². The summed E-state index contributed by atoms with van der Waals surface area (Å²) in [4.78, 5) is 5.21. The zero-order chi connectivity index (χ0) is 13.7. The van der Waals surface area contributed by atoms with Crippen LogP contribution in [-0.4, -0.2) is 11.5 Å². The number of ether oxygens (including phenoxy) is 1. The molecule has 1 heterocycles. The van der Waals surface area contributed by atoms with Gasteiger partial charge in [0.2, 0.25) is 0 Å². The van der Waals surface area contributed by atoms with Gasteiger partial charge in [0.1, 0.15) is 6.61 Å². The quantitative estimate of drug-likeness (QED) is 0.868. The molecule has 0 atom stereocenters. The Morgan fingerprint density at radius 3 is 3.05 bits per heavy atom. The Morgan fingerprint density at radius 2 is 2.26 bits per heavy atom. The molecule has 102 valence electrons. The Hall–Kier alpha value is -1.62. The molecule has 0 spiro atoms. The van der Waals surface area contributed by atoms with E-state index in [2.05, 4.69) is 17.2 Å². The van der Waals surface area contributed by atoms with Crippen LogP contribution in [0.25, 0.3) is 0 Å². The number of nitrogens with zero attached hydrogens (tertiary/aromatic N) is 1. The van der Waals surface area contributed by atoms with Crippen LogP contribution in [0.2, 0.25) is 0 Å². The van der Waals surface area contributed by atoms with Crippen molar-refractivity contribution in [3.05, 3.63) is 40.7 Å². The smallest absolute Gasteiger partial charge is 0.182 e. The molecule has 0 amide bonds. The van der Waals surface area contributed by atoms with Crippen molar-refractivity contribution in [1.29, 1.82) is 0 Å². The van der Waals surface area contributed by atoms with Gasteiger partial charge in [0.05, 0.1) is 4.88 Å². The molecular formula is C14H17FN2OS. The molecule has 0 fully saturated rings. The average Bonchev–Trinajstić information content (AvgIpc) is 2.85. The van der Waals surface area contributed by atoms with Crippen LogP contribution >= 0.6 is 11.3 Å². The Bertz CT molecular complexity index is 542. The Labute approximate surface area is 116 Å². The van der Waals surface area contributed by atoms with Gasteiger partial charge in [-0.05, 0) is 31.0 Å². The number of aromatic nitrogens is 1. The predicted octanol–water partition coefficient (Wildman–Crippen LogP) is 3.99. The third kappa shape index (κ3) is 3.92. The van der Waals surface area contributed by atoms with Crippen molar-refractivity contribution in [2.24, 2.45) is 0 Å². The fourth-order valence-electron chi connectivity index (χ4n) is 1.56. The van der Waals surface area contributed by atoms with Gasteiger partial charge in [-0.25, -0.2) is 9.37 Å². The van der Waals surface area contributed by atoms with Crippen LogP contribution in [0.5, 0.6) is 5.75 Å². The van der Waals surface area contributed by atoms with Crippen LogP contribution in [0.1, 0.15) is 23.8 Å². The van der Waals surface area contributed by atoms with Gasteiger partial charge in [-0.3, -0.25) is 0 Å². The van der Waals surface area contributed by atoms with Gasteiger partial charge in [-0.15, -0.1) is 0 Å². The van der Waals surface area contributed by atoms with Crippen molar-refractivity contribution >= 4 is 16.5 Å². The van der Waals surface area contributed by atoms with E-state index in [4.69, 9.17) is 4.74 Å². The molecule has 5 heteroatoms. The minimum atomic E-state index is -0.334. The summed E-state index contributed by atoms with van der Waals surface area (Å²) in [6, 6.07) is 4.85. The summed E-state index contributed by atoms with van der Waals surface area (Å²) in [5.41, 5.74) is 0.978. The second-order valence-corrected chi connectivity index (χ2v) is 5.40. The highest BCUT2D eigenvalue weighted by Gasteiger charge is 2.06. The molecule has 0 aliphatic carbocycles. The van der Waals surface area contributed by atoms with E-state index in [1.807, 2.05) is 6.92 Å². The van der Waals surface area contributed by atoms with E-state index in [0.717, 1.165) is 28.5 Å². The minimum Gasteiger partial charge on any atom is -0.485 e. The number of thiazole rings is 1. The Kier molecular flexibility index (Phi) is 4.74. The largest absolute Gasteiger partial charge is 0.485 e. The summed E-state index contributed by atoms with van der Waals surface area (Å²) in [5.74, 6) is -0.0454. The summed E-state index contributed by atoms with van der Waals surface area (Å²) in [6.07, 6.45) is 2.82. The fraction of sp³-hybridized carbons (Fsp3) is 0.357. The molecule has 1 aromatic heterocycles. The topological polar surface area (TPSA) is 34.2 Å². The van der Waals surface area contributed by atoms with Crippen LogP contribution in [-0.2, 0) is 6.61 Å². The number of halogens is 1. The lowest BCUT2D eigenvalue weighted by molar-refractivity contribution is 0.293. The summed E-state index contributed by atoms with van der Waals surface area (Å²) >= 11 is 1.53. The maximum Gasteiger partial charge on any atom is 0.182 e. The van der Waals surface area contributed by atoms with Crippen LogP contribution in [0.4, 0.5) is 9.52 Å². The van der Waals surface area contributed by atoms with Gasteiger partial charge >= 0.3 is 0 Å². The summed E-state index contributed by atoms with van der Waals surface area (Å²) in [7, 11) is 0. The van der Waals surface area contributed by atoms with Crippen LogP contribution < -0.4 is 10.1 Å². The highest BCUT2D eigenvalue weighted by Crippen LogP contribution is 2.23. The first kappa shape index (κ1) is 13.8. The zero-order valence-electron chi connectivity index (χ0n) is 11.1. The Morgan fingerprint density at radius 1 is 1.42 bits per heavy atom. The SMILES string of the molecule is CCCNc1ncc(COc2cc(C)ccc2F)s1. The fourth-order valence-corrected chi connectivity index (χ4v) is 2.31. The van der Waals surface area contributed by atoms with E-state index in [1.54, 1.807) is 18.3 Å². The van der Waals surface area contributed by atoms with Crippen molar-refractivity contribution < 1.29 is 9.13 Å². The lowest BCUT2D eigenvalue weighted by atomic mass is 10.2. The molecule has 0 aliphatic heterocycles. The monoisotopic (exact) mass is 280 g/mol. The molecule has 0 radical (unpaired) electrons. The van der Waals surface area contributed by atoms with E-state index in [-0.39, 0.29) is 11.6 Å². The number of benzene rings is 1. The molecule has 2 rings (SSSR count). The van der Waals surface area contributed by atoms with Gasteiger partial charge in [-0.1, -0.05) is 24.3 Å². The van der Waals surface area contributed by atoms with E-state index in [1.165, 1.54) is 17.4 Å². The van der Waals surface area contributed by atoms with Crippen molar-refractivity contribution in [3.8, 4) is 5.75 Å². The molecule has 0 saturated carbocycles. The second kappa shape index (κ2) is 6.52. The minimum absolute atomic E-state index is 0.288. The first-order valence-electron chi connectivity index (χ1n) is 6.26. The van der Waals surface area contributed by atoms with Crippen molar-refractivity contribution in [1.82, 2.24) is 4.98 Å². The number of hydrogen-bond donors (Lipinski definition) is 1. The number of hydrogen-bond acceptors (Lipinski definition) is 4.